The number of carbonyl (C=O) groups is 2. The Balaban J connectivity index is 1.65. The van der Waals surface area contributed by atoms with Gasteiger partial charge in [-0.25, -0.2) is 9.48 Å². The predicted molar refractivity (Wildman–Crippen MR) is 116 cm³/mol. The molecule has 162 valence electrons. The van der Waals surface area contributed by atoms with Gasteiger partial charge in [0.2, 0.25) is 0 Å². The maximum atomic E-state index is 12.4. The van der Waals surface area contributed by atoms with E-state index in [2.05, 4.69) is 10.4 Å². The Labute approximate surface area is 180 Å². The Hall–Kier alpha value is -3.81. The van der Waals surface area contributed by atoms with E-state index in [-0.39, 0.29) is 5.56 Å². The van der Waals surface area contributed by atoms with Gasteiger partial charge in [0.15, 0.2) is 18.1 Å². The lowest BCUT2D eigenvalue weighted by Gasteiger charge is -2.11. The molecule has 0 atom stereocenters. The molecule has 0 bridgehead atoms. The molecule has 0 unspecified atom stereocenters. The van der Waals surface area contributed by atoms with Crippen LogP contribution in [0.5, 0.6) is 11.5 Å². The number of esters is 1. The van der Waals surface area contributed by atoms with E-state index >= 15 is 0 Å². The number of para-hydroxylation sites is 1. The lowest BCUT2D eigenvalue weighted by Crippen LogP contribution is -2.21. The van der Waals surface area contributed by atoms with Crippen molar-refractivity contribution in [3.8, 4) is 17.2 Å². The molecule has 0 aliphatic carbocycles. The first-order valence-corrected chi connectivity index (χ1v) is 9.84. The van der Waals surface area contributed by atoms with Crippen LogP contribution >= 0.6 is 0 Å². The Morgan fingerprint density at radius 2 is 1.81 bits per heavy atom. The lowest BCUT2D eigenvalue weighted by molar-refractivity contribution is -0.119. The standard InChI is InChI=1S/C23H25N3O5/c1-5-30-20-13-17(11-12-19(20)29-4)23(28)31-14-21(27)24-22-15(2)25-26(16(22)3)18-9-7-6-8-10-18/h6-13H,5,14H2,1-4H3,(H,24,27). The number of aryl methyl sites for hydroxylation is 1. The van der Waals surface area contributed by atoms with Crippen molar-refractivity contribution in [2.45, 2.75) is 20.8 Å². The van der Waals surface area contributed by atoms with E-state index in [1.165, 1.54) is 13.2 Å². The maximum Gasteiger partial charge on any atom is 0.338 e. The van der Waals surface area contributed by atoms with Crippen LogP contribution in [0.25, 0.3) is 5.69 Å². The molecule has 2 aromatic carbocycles. The average molecular weight is 423 g/mol. The van der Waals surface area contributed by atoms with Crippen molar-refractivity contribution >= 4 is 17.6 Å². The van der Waals surface area contributed by atoms with Crippen LogP contribution < -0.4 is 14.8 Å². The number of benzene rings is 2. The van der Waals surface area contributed by atoms with Crippen LogP contribution in [0.3, 0.4) is 0 Å². The highest BCUT2D eigenvalue weighted by atomic mass is 16.5. The van der Waals surface area contributed by atoms with Crippen LogP contribution in [-0.4, -0.2) is 42.0 Å². The molecule has 0 saturated heterocycles. The molecule has 8 heteroatoms. The molecule has 3 rings (SSSR count). The van der Waals surface area contributed by atoms with Crippen LogP contribution in [0.2, 0.25) is 0 Å². The van der Waals surface area contributed by atoms with E-state index in [0.717, 1.165) is 11.4 Å². The summed E-state index contributed by atoms with van der Waals surface area (Å²) in [6, 6.07) is 14.3. The van der Waals surface area contributed by atoms with Crippen LogP contribution in [0.4, 0.5) is 5.69 Å². The fourth-order valence-corrected chi connectivity index (χ4v) is 3.11. The summed E-state index contributed by atoms with van der Waals surface area (Å²) in [6.07, 6.45) is 0. The lowest BCUT2D eigenvalue weighted by atomic mass is 10.2. The van der Waals surface area contributed by atoms with Crippen molar-refractivity contribution in [3.05, 3.63) is 65.5 Å². The molecular weight excluding hydrogens is 398 g/mol. The number of ether oxygens (including phenoxy) is 3. The van der Waals surface area contributed by atoms with Gasteiger partial charge in [-0.1, -0.05) is 18.2 Å². The second-order valence-electron chi connectivity index (χ2n) is 6.72. The molecule has 1 N–H and O–H groups in total. The molecule has 0 aliphatic rings. The van der Waals surface area contributed by atoms with Gasteiger partial charge < -0.3 is 19.5 Å². The van der Waals surface area contributed by atoms with Gasteiger partial charge in [0.1, 0.15) is 0 Å². The van der Waals surface area contributed by atoms with Gasteiger partial charge in [-0.05, 0) is 51.1 Å². The zero-order chi connectivity index (χ0) is 22.4. The third-order valence-corrected chi connectivity index (χ3v) is 4.59. The molecular formula is C23H25N3O5. The van der Waals surface area contributed by atoms with Crippen LogP contribution in [0, 0.1) is 13.8 Å². The number of methoxy groups -OCH3 is 1. The molecule has 0 spiro atoms. The largest absolute Gasteiger partial charge is 0.493 e. The van der Waals surface area contributed by atoms with Gasteiger partial charge in [-0.2, -0.15) is 5.10 Å². The number of hydrogen-bond donors (Lipinski definition) is 1. The topological polar surface area (TPSA) is 91.7 Å². The Morgan fingerprint density at radius 1 is 1.06 bits per heavy atom. The minimum absolute atomic E-state index is 0.265. The van der Waals surface area contributed by atoms with Crippen LogP contribution in [-0.2, 0) is 9.53 Å². The third kappa shape index (κ3) is 5.03. The van der Waals surface area contributed by atoms with E-state index in [9.17, 15) is 9.59 Å². The Morgan fingerprint density at radius 3 is 2.48 bits per heavy atom. The highest BCUT2D eigenvalue weighted by molar-refractivity contribution is 5.96. The maximum absolute atomic E-state index is 12.4. The van der Waals surface area contributed by atoms with Gasteiger partial charge >= 0.3 is 5.97 Å². The van der Waals surface area contributed by atoms with Crippen molar-refractivity contribution in [2.24, 2.45) is 0 Å². The van der Waals surface area contributed by atoms with E-state index in [1.54, 1.807) is 23.7 Å². The summed E-state index contributed by atoms with van der Waals surface area (Å²) in [5.74, 6) is -0.140. The van der Waals surface area contributed by atoms with Crippen molar-refractivity contribution in [2.75, 3.05) is 25.6 Å². The summed E-state index contributed by atoms with van der Waals surface area (Å²) >= 11 is 0. The summed E-state index contributed by atoms with van der Waals surface area (Å²) in [6.45, 7) is 5.50. The molecule has 1 heterocycles. The number of hydrogen-bond acceptors (Lipinski definition) is 6. The van der Waals surface area contributed by atoms with Gasteiger partial charge in [0.25, 0.3) is 5.91 Å². The summed E-state index contributed by atoms with van der Waals surface area (Å²) in [5.41, 5.74) is 3.19. The molecule has 0 aliphatic heterocycles. The first-order valence-electron chi connectivity index (χ1n) is 9.84. The number of aromatic nitrogens is 2. The van der Waals surface area contributed by atoms with E-state index in [1.807, 2.05) is 44.2 Å². The summed E-state index contributed by atoms with van der Waals surface area (Å²) < 4.78 is 17.6. The fourth-order valence-electron chi connectivity index (χ4n) is 3.11. The number of carbonyl (C=O) groups excluding carboxylic acids is 2. The average Bonchev–Trinajstić information content (AvgIpc) is 3.06. The minimum Gasteiger partial charge on any atom is -0.493 e. The predicted octanol–water partition coefficient (Wildman–Crippen LogP) is 3.69. The van der Waals surface area contributed by atoms with Gasteiger partial charge in [-0.3, -0.25) is 4.79 Å². The van der Waals surface area contributed by atoms with Crippen LogP contribution in [0.15, 0.2) is 48.5 Å². The summed E-state index contributed by atoms with van der Waals surface area (Å²) in [7, 11) is 1.52. The molecule has 1 amide bonds. The smallest absolute Gasteiger partial charge is 0.338 e. The first-order chi connectivity index (χ1) is 14.9. The normalized spacial score (nSPS) is 10.5. The van der Waals surface area contributed by atoms with E-state index < -0.39 is 18.5 Å². The van der Waals surface area contributed by atoms with Crippen molar-refractivity contribution < 1.29 is 23.8 Å². The van der Waals surface area contributed by atoms with Gasteiger partial charge in [0, 0.05) is 0 Å². The second-order valence-corrected chi connectivity index (χ2v) is 6.72. The zero-order valence-electron chi connectivity index (χ0n) is 18.0. The number of amides is 1. The molecule has 0 fully saturated rings. The zero-order valence-corrected chi connectivity index (χ0v) is 18.0. The second kappa shape index (κ2) is 9.80. The number of anilines is 1. The first kappa shape index (κ1) is 21.9. The quantitative estimate of drug-likeness (QED) is 0.556. The highest BCUT2D eigenvalue weighted by Gasteiger charge is 2.17. The minimum atomic E-state index is -0.632. The SMILES string of the molecule is CCOc1cc(C(=O)OCC(=O)Nc2c(C)nn(-c3ccccc3)c2C)ccc1OC. The molecule has 31 heavy (non-hydrogen) atoms. The number of nitrogens with one attached hydrogen (secondary N) is 1. The van der Waals surface area contributed by atoms with Gasteiger partial charge in [0.05, 0.1) is 42.0 Å². The summed E-state index contributed by atoms with van der Waals surface area (Å²) in [5, 5.41) is 7.27. The van der Waals surface area contributed by atoms with Crippen LogP contribution in [0.1, 0.15) is 28.7 Å². The molecule has 1 aromatic heterocycles. The Bertz CT molecular complexity index is 1080. The van der Waals surface area contributed by atoms with E-state index in [4.69, 9.17) is 14.2 Å². The fraction of sp³-hybridized carbons (Fsp3) is 0.261. The highest BCUT2D eigenvalue weighted by Crippen LogP contribution is 2.28. The molecule has 0 radical (unpaired) electrons. The number of rotatable bonds is 8. The van der Waals surface area contributed by atoms with E-state index in [0.29, 0.717) is 29.5 Å². The van der Waals surface area contributed by atoms with Gasteiger partial charge in [-0.15, -0.1) is 0 Å². The Kier molecular flexibility index (Phi) is 6.92. The third-order valence-electron chi connectivity index (χ3n) is 4.59. The monoisotopic (exact) mass is 423 g/mol. The molecule has 0 saturated carbocycles. The van der Waals surface area contributed by atoms with Crippen molar-refractivity contribution in [3.63, 3.8) is 0 Å². The molecule has 8 nitrogen and oxygen atoms in total. The van der Waals surface area contributed by atoms with Crippen molar-refractivity contribution in [1.29, 1.82) is 0 Å². The van der Waals surface area contributed by atoms with Crippen molar-refractivity contribution in [1.82, 2.24) is 9.78 Å². The summed E-state index contributed by atoms with van der Waals surface area (Å²) in [4.78, 5) is 24.8. The number of nitrogens with zero attached hydrogens (tertiary/aromatic N) is 2. The molecule has 3 aromatic rings.